The molecular weight excluding hydrogens is 1250 g/mol. The van der Waals surface area contributed by atoms with Crippen LogP contribution in [0.2, 0.25) is 5.02 Å². The number of hydrogen-bond donors (Lipinski definition) is 14. The molecule has 0 bridgehead atoms. The number of morpholine rings is 1. The van der Waals surface area contributed by atoms with Gasteiger partial charge in [-0.25, -0.2) is 0 Å². The van der Waals surface area contributed by atoms with Gasteiger partial charge in [-0.15, -0.1) is 5.10 Å². The molecule has 8 atom stereocenters. The molecule has 4 rings (SSSR count). The smallest absolute Gasteiger partial charge is 0.250 e. The molecule has 31 nitrogen and oxygen atoms in total. The van der Waals surface area contributed by atoms with E-state index in [1.165, 1.54) is 6.92 Å². The summed E-state index contributed by atoms with van der Waals surface area (Å²) in [6, 6.07) is 6.76. The summed E-state index contributed by atoms with van der Waals surface area (Å²) in [5.41, 5.74) is 8.72. The molecule has 2 fully saturated rings. The lowest BCUT2D eigenvalue weighted by molar-refractivity contribution is -0.286. The van der Waals surface area contributed by atoms with Gasteiger partial charge < -0.3 is 87.1 Å². The average molecular weight is 1360 g/mol. The molecule has 534 valence electrons. The number of nitrogens with one attached hydrogen (secondary N) is 9. The fraction of sp³-hybridized carbons (Fsp3) is 0.758. The second kappa shape index (κ2) is 48.1. The van der Waals surface area contributed by atoms with Crippen molar-refractivity contribution in [3.63, 3.8) is 0 Å². The summed E-state index contributed by atoms with van der Waals surface area (Å²) >= 11 is 6.03. The lowest BCUT2D eigenvalue weighted by atomic mass is 9.97. The number of aromatic nitrogens is 3. The molecule has 0 aliphatic carbocycles. The maximum absolute atomic E-state index is 13.7. The Hall–Kier alpha value is -5.62. The van der Waals surface area contributed by atoms with Gasteiger partial charge >= 0.3 is 0 Å². The minimum atomic E-state index is -1.48. The van der Waals surface area contributed by atoms with E-state index in [0.29, 0.717) is 102 Å². The van der Waals surface area contributed by atoms with E-state index in [1.807, 2.05) is 31.3 Å². The van der Waals surface area contributed by atoms with Crippen LogP contribution in [-0.2, 0) is 81.6 Å². The van der Waals surface area contributed by atoms with Crippen molar-refractivity contribution < 1.29 is 82.5 Å². The summed E-state index contributed by atoms with van der Waals surface area (Å²) < 4.78 is 31.2. The van der Waals surface area contributed by atoms with E-state index in [-0.39, 0.29) is 133 Å². The Labute approximate surface area is 556 Å². The highest BCUT2D eigenvalue weighted by Crippen LogP contribution is 2.22. The molecule has 2 aliphatic rings. The molecule has 15 N–H and O–H groups in total. The first-order valence-corrected chi connectivity index (χ1v) is 33.5. The molecular formula is C62H107ClN14O17. The zero-order valence-electron chi connectivity index (χ0n) is 54.9. The van der Waals surface area contributed by atoms with E-state index in [0.717, 1.165) is 56.9 Å². The highest BCUT2D eigenvalue weighted by Gasteiger charge is 2.46. The number of carbonyl (C=O) groups is 7. The van der Waals surface area contributed by atoms with E-state index >= 15 is 0 Å². The predicted molar refractivity (Wildman–Crippen MR) is 346 cm³/mol. The van der Waals surface area contributed by atoms with Crippen molar-refractivity contribution in [1.82, 2.24) is 67.9 Å². The number of hydroxylamine groups is 1. The summed E-state index contributed by atoms with van der Waals surface area (Å²) in [5.74, 6) is -1.81. The number of amides is 7. The van der Waals surface area contributed by atoms with Crippen LogP contribution in [0.3, 0.4) is 0 Å². The summed E-state index contributed by atoms with van der Waals surface area (Å²) in [5, 5.41) is 70.9. The second-order valence-corrected chi connectivity index (χ2v) is 24.1. The Bertz CT molecular complexity index is 2480. The van der Waals surface area contributed by atoms with Gasteiger partial charge in [0.25, 0.3) is 5.91 Å². The van der Waals surface area contributed by atoms with Gasteiger partial charge in [0.1, 0.15) is 41.7 Å². The third kappa shape index (κ3) is 34.4. The average Bonchev–Trinajstić information content (AvgIpc) is 0.948. The van der Waals surface area contributed by atoms with Crippen LogP contribution in [0.25, 0.3) is 0 Å². The number of ether oxygens (including phenoxy) is 5. The first-order chi connectivity index (χ1) is 45.4. The van der Waals surface area contributed by atoms with Gasteiger partial charge in [0.15, 0.2) is 0 Å². The van der Waals surface area contributed by atoms with Crippen LogP contribution in [0.15, 0.2) is 30.5 Å². The number of carbonyl (C=O) groups excluding carboxylic acids is 7. The van der Waals surface area contributed by atoms with E-state index < -0.39 is 54.8 Å². The van der Waals surface area contributed by atoms with Gasteiger partial charge in [0.2, 0.25) is 41.7 Å². The van der Waals surface area contributed by atoms with Gasteiger partial charge in [-0.1, -0.05) is 67.5 Å². The molecule has 0 radical (unpaired) electrons. The molecule has 2 aromatic rings. The fourth-order valence-electron chi connectivity index (χ4n) is 10.2. The number of likely N-dealkylation sites (N-methyl/N-ethyl adjacent to an activating group) is 1. The van der Waals surface area contributed by atoms with Crippen LogP contribution in [-0.4, -0.2) is 249 Å². The highest BCUT2D eigenvalue weighted by molar-refractivity contribution is 6.30. The normalized spacial score (nSPS) is 19.6. The molecule has 1 aromatic carbocycles. The van der Waals surface area contributed by atoms with Crippen molar-refractivity contribution in [3.8, 4) is 0 Å². The number of rotatable bonds is 52. The Morgan fingerprint density at radius 3 is 1.81 bits per heavy atom. The zero-order valence-corrected chi connectivity index (χ0v) is 55.7. The van der Waals surface area contributed by atoms with E-state index in [4.69, 9.17) is 51.0 Å². The summed E-state index contributed by atoms with van der Waals surface area (Å²) in [4.78, 5) is 96.6. The number of nitrogens with two attached hydrogens (primary N) is 1. The van der Waals surface area contributed by atoms with Crippen molar-refractivity contribution in [3.05, 3.63) is 46.7 Å². The number of aliphatic hydroxyl groups excluding tert-OH is 4. The molecule has 1 aromatic heterocycles. The van der Waals surface area contributed by atoms with Crippen LogP contribution >= 0.6 is 11.6 Å². The lowest BCUT2D eigenvalue weighted by Crippen LogP contribution is -2.65. The Kier molecular flexibility index (Phi) is 41.4. The van der Waals surface area contributed by atoms with E-state index in [9.17, 15) is 48.9 Å². The molecule has 2 saturated heterocycles. The highest BCUT2D eigenvalue weighted by atomic mass is 35.5. The largest absolute Gasteiger partial charge is 0.394 e. The van der Waals surface area contributed by atoms with Crippen LogP contribution in [0.1, 0.15) is 127 Å². The van der Waals surface area contributed by atoms with Gasteiger partial charge in [-0.3, -0.25) is 53.3 Å². The number of benzene rings is 1. The van der Waals surface area contributed by atoms with E-state index in [1.54, 1.807) is 10.9 Å². The standard InChI is InChI=1S/C62H107ClN14O17/c1-45(80)72-57-59(87)58(86)51(39-78)93-61(57)94-71-30-13-28-68-55(84)23-34-91-43-62(41-89-32-21-53(82)66-26-11-24-64,42-90-33-22-54(83)67-27-12-25-65-44-79)73-56(85)16-10-8-6-4-3-5-7-9-15-52(81)69-29-14-31-77-37-48(74-75-77)36-70-60(88)50-38-76(2)49(40-92-50)35-46-17-19-47(63)20-18-46/h17-20,37,49-51,57-59,61,65,71,78-79,86-87H,3-16,21-36,38-44,64H2,1-2H3,(H,66,82)(H,67,83)(H,68,84)(H,69,81)(H,70,88)(H,72,80)(H,73,85)/t49-,50+,51?,57?,58-,59?,61-,62?/m0/s1. The van der Waals surface area contributed by atoms with Crippen molar-refractivity contribution >= 4 is 53.0 Å². The maximum Gasteiger partial charge on any atom is 0.250 e. The fourth-order valence-corrected chi connectivity index (χ4v) is 10.3. The minimum absolute atomic E-state index is 0.000338. The van der Waals surface area contributed by atoms with Crippen LogP contribution in [0.4, 0.5) is 0 Å². The Morgan fingerprint density at radius 1 is 0.691 bits per heavy atom. The topological polar surface area (TPSA) is 424 Å². The first kappa shape index (κ1) is 80.8. The third-order valence-corrected chi connectivity index (χ3v) is 15.8. The van der Waals surface area contributed by atoms with E-state index in [2.05, 4.69) is 63.2 Å². The van der Waals surface area contributed by atoms with Crippen molar-refractivity contribution in [2.24, 2.45) is 5.73 Å². The Balaban J connectivity index is 1.14. The molecule has 94 heavy (non-hydrogen) atoms. The van der Waals surface area contributed by atoms with Gasteiger partial charge in [0.05, 0.1) is 72.3 Å². The molecule has 0 saturated carbocycles. The van der Waals surface area contributed by atoms with Crippen LogP contribution < -0.4 is 53.7 Å². The molecule has 32 heteroatoms. The minimum Gasteiger partial charge on any atom is -0.394 e. The van der Waals surface area contributed by atoms with Crippen LogP contribution in [0, 0.1) is 0 Å². The quantitative estimate of drug-likeness (QED) is 0.0203. The zero-order chi connectivity index (χ0) is 68.2. The predicted octanol–water partition coefficient (Wildman–Crippen LogP) is -1.55. The van der Waals surface area contributed by atoms with Gasteiger partial charge in [-0.05, 0) is 82.8 Å². The monoisotopic (exact) mass is 1350 g/mol. The number of halogens is 1. The van der Waals surface area contributed by atoms with Gasteiger partial charge in [-0.2, -0.15) is 5.48 Å². The summed E-state index contributed by atoms with van der Waals surface area (Å²) in [6.45, 7) is 4.38. The Morgan fingerprint density at radius 2 is 1.24 bits per heavy atom. The second-order valence-electron chi connectivity index (χ2n) is 23.7. The third-order valence-electron chi connectivity index (χ3n) is 15.6. The number of nitrogens with zero attached hydrogens (tertiary/aromatic N) is 4. The lowest BCUT2D eigenvalue weighted by Gasteiger charge is -2.41. The van der Waals surface area contributed by atoms with Crippen molar-refractivity contribution in [1.29, 1.82) is 0 Å². The molecule has 0 spiro atoms. The van der Waals surface area contributed by atoms with Gasteiger partial charge in [0, 0.05) is 95.9 Å². The number of unbranched alkanes of at least 4 members (excludes halogenated alkanes) is 7. The number of hydrogen-bond acceptors (Lipinski definition) is 23. The number of aliphatic hydroxyl groups is 4. The van der Waals surface area contributed by atoms with Crippen molar-refractivity contribution in [2.45, 2.75) is 184 Å². The molecule has 2 aliphatic heterocycles. The summed E-state index contributed by atoms with van der Waals surface area (Å²) in [7, 11) is 1.99. The van der Waals surface area contributed by atoms with Crippen molar-refractivity contribution in [2.75, 3.05) is 119 Å². The first-order valence-electron chi connectivity index (χ1n) is 33.1. The SMILES string of the molecule is CC(=O)NC1C(O)[C@@H](O)C(CO)O[C@H]1ONCCCNC(=O)CCOCC(COCCC(=O)NCCCN)(COCCC(=O)NCCCNCO)NC(=O)CCCCCCCCCCC(=O)NCCCn1cc(CNC(=O)[C@H]2CN(C)[C@@H](Cc3ccc(Cl)cc3)CO2)nn1. The molecule has 4 unspecified atom stereocenters. The molecule has 7 amide bonds. The van der Waals surface area contributed by atoms with Crippen LogP contribution in [0.5, 0.6) is 0 Å². The number of aryl methyl sites for hydroxylation is 1. The maximum atomic E-state index is 13.7. The molecule has 3 heterocycles. The summed E-state index contributed by atoms with van der Waals surface area (Å²) in [6.07, 6.45) is 6.49.